The first kappa shape index (κ1) is 23.9. The molecule has 1 N–H and O–H groups in total. The van der Waals surface area contributed by atoms with Gasteiger partial charge in [0, 0.05) is 36.6 Å². The third-order valence-electron chi connectivity index (χ3n) is 5.78. The van der Waals surface area contributed by atoms with Gasteiger partial charge in [-0.3, -0.25) is 4.98 Å². The molecule has 3 aromatic rings. The van der Waals surface area contributed by atoms with Gasteiger partial charge < -0.3 is 14.5 Å². The van der Waals surface area contributed by atoms with E-state index in [1.165, 1.54) is 7.11 Å². The lowest BCUT2D eigenvalue weighted by atomic mass is 9.86. The van der Waals surface area contributed by atoms with Crippen LogP contribution < -0.4 is 9.47 Å². The standard InChI is InChI=1S/C23H21F6N3O2/c1-33-20-9-15(34-12-19-17(24)8-14(10-30-19)23(27,28)29)2-3-16(20)18-11-31-21(32-18)13-4-6-22(25,26)7-5-13/h2-3,8-11,13H,4-7,12H2,1H3,(H,31,32). The summed E-state index contributed by atoms with van der Waals surface area (Å²) in [4.78, 5) is 11.0. The third kappa shape index (κ3) is 5.28. The van der Waals surface area contributed by atoms with Gasteiger partial charge in [0.25, 0.3) is 0 Å². The van der Waals surface area contributed by atoms with Crippen molar-refractivity contribution in [3.05, 3.63) is 59.6 Å². The van der Waals surface area contributed by atoms with Gasteiger partial charge in [-0.25, -0.2) is 18.2 Å². The number of aromatic nitrogens is 3. The molecule has 0 radical (unpaired) electrons. The Bertz CT molecular complexity index is 1150. The van der Waals surface area contributed by atoms with Crippen molar-refractivity contribution in [1.29, 1.82) is 0 Å². The minimum atomic E-state index is -4.69. The topological polar surface area (TPSA) is 60.0 Å². The van der Waals surface area contributed by atoms with Gasteiger partial charge in [-0.05, 0) is 31.0 Å². The highest BCUT2D eigenvalue weighted by Gasteiger charge is 2.36. The van der Waals surface area contributed by atoms with Crippen LogP contribution in [0.4, 0.5) is 26.3 Å². The first-order chi connectivity index (χ1) is 16.1. The highest BCUT2D eigenvalue weighted by molar-refractivity contribution is 5.68. The van der Waals surface area contributed by atoms with E-state index in [0.29, 0.717) is 47.9 Å². The monoisotopic (exact) mass is 485 g/mol. The highest BCUT2D eigenvalue weighted by atomic mass is 19.4. The van der Waals surface area contributed by atoms with E-state index in [-0.39, 0.29) is 36.8 Å². The Labute approximate surface area is 191 Å². The number of ether oxygens (including phenoxy) is 2. The predicted molar refractivity (Wildman–Crippen MR) is 110 cm³/mol. The van der Waals surface area contributed by atoms with Crippen LogP contribution in [0.1, 0.15) is 48.7 Å². The molecule has 1 aromatic carbocycles. The Morgan fingerprint density at radius 3 is 2.47 bits per heavy atom. The predicted octanol–water partition coefficient (Wildman–Crippen LogP) is 6.51. The Hall–Kier alpha value is -3.24. The fourth-order valence-corrected chi connectivity index (χ4v) is 3.86. The number of halogens is 6. The Morgan fingerprint density at radius 1 is 1.09 bits per heavy atom. The molecule has 1 aliphatic carbocycles. The van der Waals surface area contributed by atoms with Gasteiger partial charge in [-0.15, -0.1) is 0 Å². The van der Waals surface area contributed by atoms with Gasteiger partial charge in [0.15, 0.2) is 0 Å². The lowest BCUT2D eigenvalue weighted by Gasteiger charge is -2.26. The van der Waals surface area contributed by atoms with E-state index in [9.17, 15) is 26.3 Å². The smallest absolute Gasteiger partial charge is 0.417 e. The molecule has 0 saturated heterocycles. The minimum absolute atomic E-state index is 0.0758. The number of methoxy groups -OCH3 is 1. The van der Waals surface area contributed by atoms with Crippen molar-refractivity contribution in [2.24, 2.45) is 0 Å². The number of nitrogens with one attached hydrogen (secondary N) is 1. The molecule has 0 unspecified atom stereocenters. The summed E-state index contributed by atoms with van der Waals surface area (Å²) in [7, 11) is 1.44. The van der Waals surface area contributed by atoms with Crippen LogP contribution >= 0.6 is 0 Å². The number of H-pyrrole nitrogens is 1. The minimum Gasteiger partial charge on any atom is -0.496 e. The number of benzene rings is 1. The van der Waals surface area contributed by atoms with Gasteiger partial charge in [0.05, 0.1) is 24.6 Å². The van der Waals surface area contributed by atoms with E-state index in [0.717, 1.165) is 0 Å². The fraction of sp³-hybridized carbons (Fsp3) is 0.391. The molecule has 0 bridgehead atoms. The van der Waals surface area contributed by atoms with Crippen LogP contribution in [0.15, 0.2) is 36.7 Å². The quantitative estimate of drug-likeness (QED) is 0.405. The summed E-state index contributed by atoms with van der Waals surface area (Å²) >= 11 is 0. The van der Waals surface area contributed by atoms with Crippen molar-refractivity contribution in [2.45, 2.75) is 50.3 Å². The Kier molecular flexibility index (Phi) is 6.46. The maximum Gasteiger partial charge on any atom is 0.417 e. The van der Waals surface area contributed by atoms with Crippen molar-refractivity contribution in [2.75, 3.05) is 7.11 Å². The first-order valence-corrected chi connectivity index (χ1v) is 10.5. The van der Waals surface area contributed by atoms with Crippen molar-refractivity contribution in [3.8, 4) is 22.8 Å². The number of alkyl halides is 5. The molecule has 5 nitrogen and oxygen atoms in total. The van der Waals surface area contributed by atoms with Crippen LogP contribution in [0.3, 0.4) is 0 Å². The molecule has 2 heterocycles. The first-order valence-electron chi connectivity index (χ1n) is 10.5. The largest absolute Gasteiger partial charge is 0.496 e. The van der Waals surface area contributed by atoms with E-state index in [2.05, 4.69) is 15.0 Å². The molecular weight excluding hydrogens is 464 g/mol. The zero-order valence-corrected chi connectivity index (χ0v) is 18.1. The number of rotatable bonds is 6. The summed E-state index contributed by atoms with van der Waals surface area (Å²) < 4.78 is 89.7. The molecule has 1 aliphatic rings. The molecule has 11 heteroatoms. The summed E-state index contributed by atoms with van der Waals surface area (Å²) in [5, 5.41) is 0. The van der Waals surface area contributed by atoms with Crippen molar-refractivity contribution in [3.63, 3.8) is 0 Å². The van der Waals surface area contributed by atoms with Crippen LogP contribution in [0.5, 0.6) is 11.5 Å². The molecule has 0 amide bonds. The molecule has 34 heavy (non-hydrogen) atoms. The van der Waals surface area contributed by atoms with Gasteiger partial charge in [0.1, 0.15) is 35.4 Å². The Balaban J connectivity index is 1.46. The highest BCUT2D eigenvalue weighted by Crippen LogP contribution is 2.41. The second kappa shape index (κ2) is 9.19. The molecular formula is C23H21F6N3O2. The number of nitrogens with zero attached hydrogens (tertiary/aromatic N) is 2. The van der Waals surface area contributed by atoms with Crippen LogP contribution in [-0.4, -0.2) is 28.0 Å². The zero-order chi connectivity index (χ0) is 24.5. The lowest BCUT2D eigenvalue weighted by molar-refractivity contribution is -0.138. The number of hydrogen-bond donors (Lipinski definition) is 1. The molecule has 1 fully saturated rings. The summed E-state index contributed by atoms with van der Waals surface area (Å²) in [5.74, 6) is -2.49. The second-order valence-electron chi connectivity index (χ2n) is 8.11. The maximum atomic E-state index is 14.0. The number of hydrogen-bond acceptors (Lipinski definition) is 4. The zero-order valence-electron chi connectivity index (χ0n) is 18.1. The second-order valence-corrected chi connectivity index (χ2v) is 8.11. The molecule has 0 aliphatic heterocycles. The van der Waals surface area contributed by atoms with Gasteiger partial charge in [0.2, 0.25) is 5.92 Å². The average molecular weight is 485 g/mol. The van der Waals surface area contributed by atoms with E-state index < -0.39 is 23.5 Å². The molecule has 2 aromatic heterocycles. The molecule has 182 valence electrons. The van der Waals surface area contributed by atoms with Crippen LogP contribution in [0.25, 0.3) is 11.3 Å². The third-order valence-corrected chi connectivity index (χ3v) is 5.78. The van der Waals surface area contributed by atoms with E-state index in [4.69, 9.17) is 9.47 Å². The fourth-order valence-electron chi connectivity index (χ4n) is 3.86. The van der Waals surface area contributed by atoms with Crippen molar-refractivity contribution < 1.29 is 35.8 Å². The van der Waals surface area contributed by atoms with Gasteiger partial charge in [-0.1, -0.05) is 0 Å². The van der Waals surface area contributed by atoms with Crippen molar-refractivity contribution >= 4 is 0 Å². The van der Waals surface area contributed by atoms with Gasteiger partial charge in [-0.2, -0.15) is 13.2 Å². The lowest BCUT2D eigenvalue weighted by Crippen LogP contribution is -2.24. The average Bonchev–Trinajstić information content (AvgIpc) is 3.27. The molecule has 4 rings (SSSR count). The van der Waals surface area contributed by atoms with E-state index in [1.54, 1.807) is 24.4 Å². The molecule has 0 atom stereocenters. The Morgan fingerprint density at radius 2 is 1.82 bits per heavy atom. The summed E-state index contributed by atoms with van der Waals surface area (Å²) in [6.07, 6.45) is -2.19. The number of aromatic amines is 1. The summed E-state index contributed by atoms with van der Waals surface area (Å²) in [6, 6.07) is 5.18. The van der Waals surface area contributed by atoms with Crippen LogP contribution in [0, 0.1) is 5.82 Å². The normalized spacial score (nSPS) is 16.4. The molecule has 0 spiro atoms. The summed E-state index contributed by atoms with van der Waals surface area (Å²) in [6.45, 7) is -0.382. The van der Waals surface area contributed by atoms with Crippen LogP contribution in [-0.2, 0) is 12.8 Å². The molecule has 1 saturated carbocycles. The number of pyridine rings is 1. The number of imidazole rings is 1. The van der Waals surface area contributed by atoms with E-state index >= 15 is 0 Å². The summed E-state index contributed by atoms with van der Waals surface area (Å²) in [5.41, 5.74) is -0.173. The maximum absolute atomic E-state index is 14.0. The SMILES string of the molecule is COc1cc(OCc2ncc(C(F)(F)F)cc2F)ccc1-c1cnc(C2CCC(F)(F)CC2)[nH]1. The van der Waals surface area contributed by atoms with Crippen molar-refractivity contribution in [1.82, 2.24) is 15.0 Å². The van der Waals surface area contributed by atoms with Crippen LogP contribution in [0.2, 0.25) is 0 Å². The van der Waals surface area contributed by atoms with Gasteiger partial charge >= 0.3 is 6.18 Å². The van der Waals surface area contributed by atoms with E-state index in [1.807, 2.05) is 0 Å².